The summed E-state index contributed by atoms with van der Waals surface area (Å²) in [6, 6.07) is 0.165. The van der Waals surface area contributed by atoms with E-state index in [4.69, 9.17) is 5.73 Å². The Bertz CT molecular complexity index is 240. The molecule has 1 saturated carbocycles. The van der Waals surface area contributed by atoms with E-state index < -0.39 is 9.84 Å². The van der Waals surface area contributed by atoms with Crippen LogP contribution < -0.4 is 5.73 Å². The molecule has 2 unspecified atom stereocenters. The lowest BCUT2D eigenvalue weighted by Crippen LogP contribution is -2.43. The van der Waals surface area contributed by atoms with Gasteiger partial charge in [0, 0.05) is 6.04 Å². The van der Waals surface area contributed by atoms with Crippen LogP contribution in [0.15, 0.2) is 0 Å². The second-order valence-corrected chi connectivity index (χ2v) is 5.91. The van der Waals surface area contributed by atoms with Gasteiger partial charge in [-0.15, -0.1) is 0 Å². The van der Waals surface area contributed by atoms with Crippen LogP contribution in [0.5, 0.6) is 0 Å². The molecule has 2 atom stereocenters. The molecule has 1 saturated heterocycles. The van der Waals surface area contributed by atoms with E-state index >= 15 is 0 Å². The van der Waals surface area contributed by atoms with Gasteiger partial charge >= 0.3 is 0 Å². The number of fused-ring (bicyclic) bond motifs is 2. The molecule has 2 aliphatic rings. The van der Waals surface area contributed by atoms with Crippen molar-refractivity contribution in [1.82, 2.24) is 0 Å². The molecule has 1 aliphatic carbocycles. The third kappa shape index (κ3) is 1.18. The molecule has 0 aromatic carbocycles. The first-order valence-electron chi connectivity index (χ1n) is 4.04. The van der Waals surface area contributed by atoms with E-state index in [9.17, 15) is 8.42 Å². The largest absolute Gasteiger partial charge is 0.327 e. The van der Waals surface area contributed by atoms with Crippen molar-refractivity contribution >= 4 is 9.84 Å². The Hall–Kier alpha value is -0.0900. The van der Waals surface area contributed by atoms with Gasteiger partial charge in [-0.2, -0.15) is 0 Å². The van der Waals surface area contributed by atoms with E-state index in [2.05, 4.69) is 0 Å². The Kier molecular flexibility index (Phi) is 1.51. The lowest BCUT2D eigenvalue weighted by Gasteiger charge is -2.26. The van der Waals surface area contributed by atoms with E-state index in [1.54, 1.807) is 0 Å². The van der Waals surface area contributed by atoms with Crippen LogP contribution in [-0.4, -0.2) is 26.0 Å². The Labute approximate surface area is 66.9 Å². The molecule has 1 heterocycles. The predicted octanol–water partition coefficient (Wildman–Crippen LogP) is -0.232. The highest BCUT2D eigenvalue weighted by atomic mass is 32.2. The van der Waals surface area contributed by atoms with Gasteiger partial charge < -0.3 is 5.73 Å². The smallest absolute Gasteiger partial charge is 0.150 e. The van der Waals surface area contributed by atoms with E-state index in [0.29, 0.717) is 11.5 Å². The highest BCUT2D eigenvalue weighted by Gasteiger charge is 2.42. The van der Waals surface area contributed by atoms with Crippen molar-refractivity contribution in [2.45, 2.75) is 18.9 Å². The van der Waals surface area contributed by atoms with Gasteiger partial charge in [0.1, 0.15) is 0 Å². The standard InChI is InChI=1S/C7H13NO2S/c8-7-5-1-2-6(7)4-11(9,10)3-5/h5-7H,1-4,8H2. The highest BCUT2D eigenvalue weighted by Crippen LogP contribution is 2.36. The maximum absolute atomic E-state index is 11.2. The quantitative estimate of drug-likeness (QED) is 0.553. The van der Waals surface area contributed by atoms with Gasteiger partial charge in [0.15, 0.2) is 9.84 Å². The fraction of sp³-hybridized carbons (Fsp3) is 1.00. The van der Waals surface area contributed by atoms with Gasteiger partial charge in [-0.3, -0.25) is 0 Å². The van der Waals surface area contributed by atoms with Crippen molar-refractivity contribution in [2.75, 3.05) is 11.5 Å². The molecule has 2 fully saturated rings. The average Bonchev–Trinajstić information content (AvgIpc) is 2.19. The van der Waals surface area contributed by atoms with Gasteiger partial charge in [0.25, 0.3) is 0 Å². The van der Waals surface area contributed by atoms with Crippen LogP contribution in [0.1, 0.15) is 12.8 Å². The minimum atomic E-state index is -2.73. The van der Waals surface area contributed by atoms with Crippen LogP contribution in [0.2, 0.25) is 0 Å². The number of hydrogen-bond donors (Lipinski definition) is 1. The zero-order valence-corrected chi connectivity index (χ0v) is 7.18. The summed E-state index contributed by atoms with van der Waals surface area (Å²) in [6.45, 7) is 0. The van der Waals surface area contributed by atoms with Crippen molar-refractivity contribution in [2.24, 2.45) is 17.6 Å². The fourth-order valence-electron chi connectivity index (χ4n) is 2.31. The molecule has 2 N–H and O–H groups in total. The van der Waals surface area contributed by atoms with Crippen LogP contribution in [-0.2, 0) is 9.84 Å². The Morgan fingerprint density at radius 1 is 1.09 bits per heavy atom. The normalized spacial score (nSPS) is 47.5. The Morgan fingerprint density at radius 2 is 1.55 bits per heavy atom. The zero-order chi connectivity index (χ0) is 8.06. The minimum Gasteiger partial charge on any atom is -0.327 e. The number of rotatable bonds is 0. The predicted molar refractivity (Wildman–Crippen MR) is 42.8 cm³/mol. The molecule has 2 bridgehead atoms. The molecule has 0 radical (unpaired) electrons. The maximum atomic E-state index is 11.2. The summed E-state index contributed by atoms with van der Waals surface area (Å²) < 4.78 is 22.4. The van der Waals surface area contributed by atoms with Crippen LogP contribution in [0.3, 0.4) is 0 Å². The van der Waals surface area contributed by atoms with Crippen LogP contribution in [0, 0.1) is 11.8 Å². The highest BCUT2D eigenvalue weighted by molar-refractivity contribution is 7.91. The summed E-state index contributed by atoms with van der Waals surface area (Å²) in [6.07, 6.45) is 2.04. The molecule has 1 aliphatic heterocycles. The first-order chi connectivity index (χ1) is 5.08. The van der Waals surface area contributed by atoms with Crippen molar-refractivity contribution in [3.05, 3.63) is 0 Å². The second kappa shape index (κ2) is 2.20. The van der Waals surface area contributed by atoms with Crippen molar-refractivity contribution in [1.29, 1.82) is 0 Å². The third-order valence-corrected chi connectivity index (χ3v) is 4.80. The second-order valence-electron chi connectivity index (χ2n) is 3.75. The molecule has 2 rings (SSSR count). The maximum Gasteiger partial charge on any atom is 0.150 e. The summed E-state index contributed by atoms with van der Waals surface area (Å²) in [4.78, 5) is 0. The minimum absolute atomic E-state index is 0.165. The summed E-state index contributed by atoms with van der Waals surface area (Å²) in [5.74, 6) is 1.20. The summed E-state index contributed by atoms with van der Waals surface area (Å²) in [7, 11) is -2.73. The first kappa shape index (κ1) is 7.55. The molecule has 64 valence electrons. The average molecular weight is 175 g/mol. The number of nitrogens with two attached hydrogens (primary N) is 1. The monoisotopic (exact) mass is 175 g/mol. The van der Waals surface area contributed by atoms with Crippen molar-refractivity contribution in [3.63, 3.8) is 0 Å². The van der Waals surface area contributed by atoms with E-state index in [0.717, 1.165) is 12.8 Å². The molecule has 4 heteroatoms. The Balaban J connectivity index is 2.27. The molecule has 0 amide bonds. The van der Waals surface area contributed by atoms with Crippen LogP contribution in [0.4, 0.5) is 0 Å². The van der Waals surface area contributed by atoms with E-state index in [-0.39, 0.29) is 17.9 Å². The molecular formula is C7H13NO2S. The fourth-order valence-corrected chi connectivity index (χ4v) is 4.53. The summed E-state index contributed by atoms with van der Waals surface area (Å²) >= 11 is 0. The van der Waals surface area contributed by atoms with Gasteiger partial charge in [-0.25, -0.2) is 8.42 Å². The molecule has 0 spiro atoms. The van der Waals surface area contributed by atoms with Gasteiger partial charge in [0.2, 0.25) is 0 Å². The van der Waals surface area contributed by atoms with Crippen LogP contribution in [0.25, 0.3) is 0 Å². The molecule has 11 heavy (non-hydrogen) atoms. The topological polar surface area (TPSA) is 60.2 Å². The summed E-state index contributed by atoms with van der Waals surface area (Å²) in [5.41, 5.74) is 5.84. The molecule has 0 aromatic rings. The number of hydrogen-bond acceptors (Lipinski definition) is 3. The lowest BCUT2D eigenvalue weighted by atomic mass is 10.0. The van der Waals surface area contributed by atoms with E-state index in [1.165, 1.54) is 0 Å². The lowest BCUT2D eigenvalue weighted by molar-refractivity contribution is 0.428. The zero-order valence-electron chi connectivity index (χ0n) is 6.36. The first-order valence-corrected chi connectivity index (χ1v) is 5.87. The molecule has 3 nitrogen and oxygen atoms in total. The SMILES string of the molecule is NC1C2CCC1CS(=O)(=O)C2. The Morgan fingerprint density at radius 3 is 2.00 bits per heavy atom. The third-order valence-electron chi connectivity index (χ3n) is 2.93. The number of sulfone groups is 1. The summed E-state index contributed by atoms with van der Waals surface area (Å²) in [5, 5.41) is 0. The van der Waals surface area contributed by atoms with Gasteiger partial charge in [0.05, 0.1) is 11.5 Å². The molecular weight excluding hydrogens is 162 g/mol. The van der Waals surface area contributed by atoms with Crippen LogP contribution >= 0.6 is 0 Å². The van der Waals surface area contributed by atoms with Crippen molar-refractivity contribution < 1.29 is 8.42 Å². The van der Waals surface area contributed by atoms with Gasteiger partial charge in [-0.1, -0.05) is 0 Å². The van der Waals surface area contributed by atoms with E-state index in [1.807, 2.05) is 0 Å². The van der Waals surface area contributed by atoms with Gasteiger partial charge in [-0.05, 0) is 24.7 Å². The molecule has 0 aromatic heterocycles. The van der Waals surface area contributed by atoms with Crippen molar-refractivity contribution in [3.8, 4) is 0 Å².